The minimum Gasteiger partial charge on any atom is -0.372 e. The quantitative estimate of drug-likeness (QED) is 0.814. The summed E-state index contributed by atoms with van der Waals surface area (Å²) in [6.45, 7) is 6.13. The van der Waals surface area contributed by atoms with E-state index in [1.807, 2.05) is 24.3 Å². The summed E-state index contributed by atoms with van der Waals surface area (Å²) in [5, 5.41) is 5.75. The van der Waals surface area contributed by atoms with Crippen LogP contribution in [-0.4, -0.2) is 19.0 Å². The van der Waals surface area contributed by atoms with Gasteiger partial charge in [-0.3, -0.25) is 4.79 Å². The molecule has 0 aliphatic carbocycles. The molecule has 1 amide bonds. The highest BCUT2D eigenvalue weighted by molar-refractivity contribution is 6.31. The van der Waals surface area contributed by atoms with E-state index in [9.17, 15) is 9.18 Å². The Balaban J connectivity index is 1.81. The molecule has 0 unspecified atom stereocenters. The second-order valence-electron chi connectivity index (χ2n) is 5.54. The van der Waals surface area contributed by atoms with Crippen molar-refractivity contribution in [2.45, 2.75) is 13.8 Å². The van der Waals surface area contributed by atoms with Crippen molar-refractivity contribution < 1.29 is 9.18 Å². The van der Waals surface area contributed by atoms with Crippen molar-refractivity contribution >= 4 is 28.5 Å². The number of anilines is 3. The van der Waals surface area contributed by atoms with Crippen molar-refractivity contribution in [2.75, 3.05) is 28.6 Å². The van der Waals surface area contributed by atoms with Gasteiger partial charge in [-0.05, 0) is 50.2 Å². The zero-order valence-electron chi connectivity index (χ0n) is 13.8. The molecule has 1 aliphatic heterocycles. The predicted molar refractivity (Wildman–Crippen MR) is 96.6 cm³/mol. The molecule has 0 atom stereocenters. The molecule has 1 heterocycles. The lowest BCUT2D eigenvalue weighted by atomic mass is 10.1. The lowest BCUT2D eigenvalue weighted by molar-refractivity contribution is -0.110. The number of nitrogens with zero attached hydrogens (tertiary/aromatic N) is 1. The van der Waals surface area contributed by atoms with Crippen LogP contribution < -0.4 is 15.5 Å². The number of amides is 1. The van der Waals surface area contributed by atoms with Crippen LogP contribution in [-0.2, 0) is 4.79 Å². The van der Waals surface area contributed by atoms with Gasteiger partial charge in [0.15, 0.2) is 0 Å². The third-order valence-corrected chi connectivity index (χ3v) is 4.15. The SMILES string of the molecule is CCN(CC)c1ccc(NC=C2C(=O)Nc3cccc(F)c32)cc1. The summed E-state index contributed by atoms with van der Waals surface area (Å²) in [5.74, 6) is -0.710. The van der Waals surface area contributed by atoms with E-state index >= 15 is 0 Å². The lowest BCUT2D eigenvalue weighted by Gasteiger charge is -2.21. The standard InChI is InChI=1S/C19H20FN3O/c1-3-23(4-2)14-10-8-13(9-11-14)21-12-15-18-16(20)6-5-7-17(18)22-19(15)24/h5-12,21H,3-4H2,1-2H3,(H,22,24). The third-order valence-electron chi connectivity index (χ3n) is 4.15. The molecule has 4 nitrogen and oxygen atoms in total. The van der Waals surface area contributed by atoms with E-state index in [-0.39, 0.29) is 5.91 Å². The molecule has 0 saturated heterocycles. The van der Waals surface area contributed by atoms with E-state index in [0.29, 0.717) is 16.8 Å². The minimum atomic E-state index is -0.407. The fourth-order valence-electron chi connectivity index (χ4n) is 2.86. The maximum Gasteiger partial charge on any atom is 0.257 e. The fraction of sp³-hybridized carbons (Fsp3) is 0.211. The van der Waals surface area contributed by atoms with Crippen LogP contribution >= 0.6 is 0 Å². The van der Waals surface area contributed by atoms with Crippen LogP contribution in [0.4, 0.5) is 21.5 Å². The monoisotopic (exact) mass is 325 g/mol. The van der Waals surface area contributed by atoms with Gasteiger partial charge in [0.1, 0.15) is 5.82 Å². The Morgan fingerprint density at radius 2 is 1.83 bits per heavy atom. The molecule has 2 N–H and O–H groups in total. The van der Waals surface area contributed by atoms with E-state index in [1.54, 1.807) is 18.3 Å². The largest absolute Gasteiger partial charge is 0.372 e. The van der Waals surface area contributed by atoms with Crippen LogP contribution in [0.2, 0.25) is 0 Å². The van der Waals surface area contributed by atoms with Gasteiger partial charge in [-0.2, -0.15) is 0 Å². The molecular formula is C19H20FN3O. The molecule has 124 valence electrons. The first-order valence-corrected chi connectivity index (χ1v) is 8.06. The van der Waals surface area contributed by atoms with Crippen molar-refractivity contribution in [3.05, 3.63) is 60.0 Å². The molecule has 0 aromatic heterocycles. The molecular weight excluding hydrogens is 305 g/mol. The minimum absolute atomic E-state index is 0.302. The molecule has 0 fully saturated rings. The average molecular weight is 325 g/mol. The first kappa shape index (κ1) is 16.1. The van der Waals surface area contributed by atoms with Gasteiger partial charge >= 0.3 is 0 Å². The van der Waals surface area contributed by atoms with Gasteiger partial charge in [-0.25, -0.2) is 4.39 Å². The highest BCUT2D eigenvalue weighted by Gasteiger charge is 2.27. The molecule has 0 saturated carbocycles. The van der Waals surface area contributed by atoms with Crippen LogP contribution in [0.15, 0.2) is 48.7 Å². The number of rotatable bonds is 5. The average Bonchev–Trinajstić information content (AvgIpc) is 2.92. The summed E-state index contributed by atoms with van der Waals surface area (Å²) in [5.41, 5.74) is 3.11. The Morgan fingerprint density at radius 3 is 2.50 bits per heavy atom. The molecule has 3 rings (SSSR count). The zero-order chi connectivity index (χ0) is 17.1. The van der Waals surface area contributed by atoms with Crippen molar-refractivity contribution in [1.82, 2.24) is 0 Å². The van der Waals surface area contributed by atoms with Crippen molar-refractivity contribution in [3.8, 4) is 0 Å². The number of fused-ring (bicyclic) bond motifs is 1. The fourth-order valence-corrected chi connectivity index (χ4v) is 2.86. The summed E-state index contributed by atoms with van der Waals surface area (Å²) in [4.78, 5) is 14.3. The molecule has 0 bridgehead atoms. The highest BCUT2D eigenvalue weighted by atomic mass is 19.1. The van der Waals surface area contributed by atoms with Crippen LogP contribution in [0.25, 0.3) is 5.57 Å². The Hall–Kier alpha value is -2.82. The Labute approximate surface area is 141 Å². The van der Waals surface area contributed by atoms with Gasteiger partial charge < -0.3 is 15.5 Å². The molecule has 5 heteroatoms. The second kappa shape index (κ2) is 6.74. The summed E-state index contributed by atoms with van der Waals surface area (Å²) < 4.78 is 14.0. The first-order chi connectivity index (χ1) is 11.6. The van der Waals surface area contributed by atoms with E-state index in [1.165, 1.54) is 6.07 Å². The van der Waals surface area contributed by atoms with Gasteiger partial charge in [0, 0.05) is 36.2 Å². The van der Waals surface area contributed by atoms with Crippen molar-refractivity contribution in [2.24, 2.45) is 0 Å². The van der Waals surface area contributed by atoms with Gasteiger partial charge in [0.05, 0.1) is 11.3 Å². The number of carbonyl (C=O) groups is 1. The van der Waals surface area contributed by atoms with Crippen LogP contribution in [0, 0.1) is 5.82 Å². The van der Waals surface area contributed by atoms with Gasteiger partial charge in [-0.1, -0.05) is 6.07 Å². The zero-order valence-corrected chi connectivity index (χ0v) is 13.8. The van der Waals surface area contributed by atoms with Crippen molar-refractivity contribution in [3.63, 3.8) is 0 Å². The molecule has 2 aromatic carbocycles. The Morgan fingerprint density at radius 1 is 1.12 bits per heavy atom. The van der Waals surface area contributed by atoms with E-state index in [4.69, 9.17) is 0 Å². The van der Waals surface area contributed by atoms with E-state index < -0.39 is 5.82 Å². The number of nitrogens with one attached hydrogen (secondary N) is 2. The van der Waals surface area contributed by atoms with Crippen LogP contribution in [0.1, 0.15) is 19.4 Å². The summed E-state index contributed by atoms with van der Waals surface area (Å²) >= 11 is 0. The number of halogens is 1. The van der Waals surface area contributed by atoms with E-state index in [0.717, 1.165) is 24.5 Å². The van der Waals surface area contributed by atoms with Crippen molar-refractivity contribution in [1.29, 1.82) is 0 Å². The van der Waals surface area contributed by atoms with Crippen LogP contribution in [0.3, 0.4) is 0 Å². The highest BCUT2D eigenvalue weighted by Crippen LogP contribution is 2.33. The number of hydrogen-bond acceptors (Lipinski definition) is 3. The molecule has 24 heavy (non-hydrogen) atoms. The summed E-state index contributed by atoms with van der Waals surface area (Å²) in [6, 6.07) is 12.6. The van der Waals surface area contributed by atoms with Crippen LogP contribution in [0.5, 0.6) is 0 Å². The third kappa shape index (κ3) is 2.97. The predicted octanol–water partition coefficient (Wildman–Crippen LogP) is 4.08. The number of hydrogen-bond donors (Lipinski definition) is 2. The Kier molecular flexibility index (Phi) is 4.51. The summed E-state index contributed by atoms with van der Waals surface area (Å²) in [6.07, 6.45) is 1.55. The normalized spacial score (nSPS) is 14.5. The second-order valence-corrected chi connectivity index (χ2v) is 5.54. The number of benzene rings is 2. The molecule has 0 spiro atoms. The maximum absolute atomic E-state index is 14.0. The number of carbonyl (C=O) groups excluding carboxylic acids is 1. The smallest absolute Gasteiger partial charge is 0.257 e. The lowest BCUT2D eigenvalue weighted by Crippen LogP contribution is -2.21. The maximum atomic E-state index is 14.0. The molecule has 0 radical (unpaired) electrons. The Bertz CT molecular complexity index is 780. The molecule has 2 aromatic rings. The van der Waals surface area contributed by atoms with Gasteiger partial charge in [-0.15, -0.1) is 0 Å². The first-order valence-electron chi connectivity index (χ1n) is 8.06. The van der Waals surface area contributed by atoms with Gasteiger partial charge in [0.25, 0.3) is 5.91 Å². The topological polar surface area (TPSA) is 44.4 Å². The van der Waals surface area contributed by atoms with E-state index in [2.05, 4.69) is 29.4 Å². The van der Waals surface area contributed by atoms with Gasteiger partial charge in [0.2, 0.25) is 0 Å². The molecule has 1 aliphatic rings. The summed E-state index contributed by atoms with van der Waals surface area (Å²) in [7, 11) is 0.